The van der Waals surface area contributed by atoms with E-state index in [1.165, 1.54) is 6.08 Å². The van der Waals surface area contributed by atoms with E-state index < -0.39 is 0 Å². The highest BCUT2D eigenvalue weighted by Crippen LogP contribution is 2.16. The van der Waals surface area contributed by atoms with Crippen molar-refractivity contribution in [3.8, 4) is 12.1 Å². The topological polar surface area (TPSA) is 50.8 Å². The Kier molecular flexibility index (Phi) is 4.54. The summed E-state index contributed by atoms with van der Waals surface area (Å²) in [5, 5.41) is 17.3. The summed E-state index contributed by atoms with van der Waals surface area (Å²) >= 11 is 0. The maximum atomic E-state index is 8.66. The van der Waals surface area contributed by atoms with Crippen LogP contribution in [0.25, 0.3) is 5.70 Å². The fraction of sp³-hybridized carbons (Fsp3) is 0.143. The van der Waals surface area contributed by atoms with Gasteiger partial charge in [-0.25, -0.2) is 0 Å². The standard InChI is InChI=1S/C14H13N3/c1-17(2)14(9-8-12(10-15)11-16)13-6-4-3-5-7-13/h3-9H,1-2H3/b14-9-. The fourth-order valence-electron chi connectivity index (χ4n) is 1.37. The van der Waals surface area contributed by atoms with Crippen LogP contribution in [0.5, 0.6) is 0 Å². The van der Waals surface area contributed by atoms with Crippen LogP contribution in [0, 0.1) is 22.7 Å². The largest absolute Gasteiger partial charge is 0.377 e. The van der Waals surface area contributed by atoms with Crippen LogP contribution in [-0.2, 0) is 0 Å². The van der Waals surface area contributed by atoms with Crippen LogP contribution in [0.3, 0.4) is 0 Å². The van der Waals surface area contributed by atoms with Gasteiger partial charge in [0.05, 0.1) is 0 Å². The maximum absolute atomic E-state index is 8.66. The van der Waals surface area contributed by atoms with Crippen LogP contribution >= 0.6 is 0 Å². The van der Waals surface area contributed by atoms with Crippen molar-refractivity contribution >= 4 is 5.70 Å². The van der Waals surface area contributed by atoms with Gasteiger partial charge in [0.2, 0.25) is 0 Å². The molecule has 0 unspecified atom stereocenters. The van der Waals surface area contributed by atoms with Crippen LogP contribution < -0.4 is 0 Å². The molecule has 17 heavy (non-hydrogen) atoms. The van der Waals surface area contributed by atoms with Crippen molar-refractivity contribution in [1.29, 1.82) is 10.5 Å². The van der Waals surface area contributed by atoms with Gasteiger partial charge in [-0.05, 0) is 17.7 Å². The van der Waals surface area contributed by atoms with Gasteiger partial charge in [0.1, 0.15) is 17.7 Å². The minimum absolute atomic E-state index is 0.0975. The van der Waals surface area contributed by atoms with Gasteiger partial charge in [0.15, 0.2) is 0 Å². The van der Waals surface area contributed by atoms with Crippen molar-refractivity contribution in [1.82, 2.24) is 4.90 Å². The second-order valence-corrected chi connectivity index (χ2v) is 3.62. The molecular weight excluding hydrogens is 210 g/mol. The van der Waals surface area contributed by atoms with Gasteiger partial charge in [-0.3, -0.25) is 0 Å². The Morgan fingerprint density at radius 1 is 1.06 bits per heavy atom. The summed E-state index contributed by atoms with van der Waals surface area (Å²) in [7, 11) is 3.84. The molecule has 0 spiro atoms. The van der Waals surface area contributed by atoms with Gasteiger partial charge in [-0.15, -0.1) is 0 Å². The molecule has 0 radical (unpaired) electrons. The first-order valence-corrected chi connectivity index (χ1v) is 5.14. The lowest BCUT2D eigenvalue weighted by molar-refractivity contribution is 0.592. The maximum Gasteiger partial charge on any atom is 0.129 e. The van der Waals surface area contributed by atoms with E-state index in [1.54, 1.807) is 6.08 Å². The zero-order valence-electron chi connectivity index (χ0n) is 9.88. The lowest BCUT2D eigenvalue weighted by atomic mass is 10.1. The third-order valence-corrected chi connectivity index (χ3v) is 2.20. The molecule has 1 rings (SSSR count). The van der Waals surface area contributed by atoms with E-state index >= 15 is 0 Å². The first-order valence-electron chi connectivity index (χ1n) is 5.14. The molecule has 0 aromatic heterocycles. The molecule has 0 saturated carbocycles. The van der Waals surface area contributed by atoms with Gasteiger partial charge >= 0.3 is 0 Å². The molecule has 0 N–H and O–H groups in total. The minimum atomic E-state index is 0.0975. The first-order chi connectivity index (χ1) is 8.19. The van der Waals surface area contributed by atoms with Gasteiger partial charge in [0, 0.05) is 19.8 Å². The number of nitriles is 2. The second kappa shape index (κ2) is 6.15. The van der Waals surface area contributed by atoms with Crippen LogP contribution in [0.15, 0.2) is 48.1 Å². The van der Waals surface area contributed by atoms with E-state index in [0.29, 0.717) is 0 Å². The Balaban J connectivity index is 3.13. The second-order valence-electron chi connectivity index (χ2n) is 3.62. The summed E-state index contributed by atoms with van der Waals surface area (Å²) in [6.07, 6.45) is 3.30. The summed E-state index contributed by atoms with van der Waals surface area (Å²) in [6, 6.07) is 13.5. The Bertz CT molecular complexity index is 495. The fourth-order valence-corrected chi connectivity index (χ4v) is 1.37. The summed E-state index contributed by atoms with van der Waals surface area (Å²) in [6.45, 7) is 0. The Labute approximate surface area is 102 Å². The average Bonchev–Trinajstić information content (AvgIpc) is 2.35. The monoisotopic (exact) mass is 223 g/mol. The van der Waals surface area contributed by atoms with Crippen molar-refractivity contribution in [2.45, 2.75) is 0 Å². The number of benzene rings is 1. The zero-order chi connectivity index (χ0) is 12.7. The number of hydrogen-bond acceptors (Lipinski definition) is 3. The van der Waals surface area contributed by atoms with Gasteiger partial charge in [-0.2, -0.15) is 10.5 Å². The summed E-state index contributed by atoms with van der Waals surface area (Å²) in [5.74, 6) is 0. The van der Waals surface area contributed by atoms with Crippen LogP contribution in [0.2, 0.25) is 0 Å². The van der Waals surface area contributed by atoms with Crippen LogP contribution in [0.4, 0.5) is 0 Å². The highest BCUT2D eigenvalue weighted by molar-refractivity contribution is 5.66. The SMILES string of the molecule is CN(C)/C(=C\C=C(C#N)C#N)c1ccccc1. The molecule has 0 aliphatic carbocycles. The Morgan fingerprint density at radius 3 is 2.12 bits per heavy atom. The number of allylic oxidation sites excluding steroid dienone is 3. The third-order valence-electron chi connectivity index (χ3n) is 2.20. The van der Waals surface area contributed by atoms with E-state index in [2.05, 4.69) is 0 Å². The molecule has 0 fully saturated rings. The quantitative estimate of drug-likeness (QED) is 0.584. The molecule has 0 atom stereocenters. The molecular formula is C14H13N3. The number of hydrogen-bond donors (Lipinski definition) is 0. The average molecular weight is 223 g/mol. The molecule has 3 nitrogen and oxygen atoms in total. The predicted octanol–water partition coefficient (Wildman–Crippen LogP) is 2.56. The summed E-state index contributed by atoms with van der Waals surface area (Å²) < 4.78 is 0. The minimum Gasteiger partial charge on any atom is -0.377 e. The highest BCUT2D eigenvalue weighted by Gasteiger charge is 2.01. The van der Waals surface area contributed by atoms with Crippen molar-refractivity contribution in [2.24, 2.45) is 0 Å². The predicted molar refractivity (Wildman–Crippen MR) is 67.4 cm³/mol. The highest BCUT2D eigenvalue weighted by atomic mass is 15.1. The molecule has 0 heterocycles. The van der Waals surface area contributed by atoms with E-state index in [4.69, 9.17) is 10.5 Å². The van der Waals surface area contributed by atoms with Crippen molar-refractivity contribution < 1.29 is 0 Å². The van der Waals surface area contributed by atoms with Crippen molar-refractivity contribution in [3.05, 3.63) is 53.6 Å². The number of nitrogens with zero attached hydrogens (tertiary/aromatic N) is 3. The molecule has 0 saturated heterocycles. The van der Waals surface area contributed by atoms with Crippen LogP contribution in [-0.4, -0.2) is 19.0 Å². The van der Waals surface area contributed by atoms with Crippen LogP contribution in [0.1, 0.15) is 5.56 Å². The van der Waals surface area contributed by atoms with Gasteiger partial charge in [-0.1, -0.05) is 30.3 Å². The lowest BCUT2D eigenvalue weighted by Crippen LogP contribution is -2.09. The number of rotatable bonds is 3. The zero-order valence-corrected chi connectivity index (χ0v) is 9.88. The molecule has 0 bridgehead atoms. The third kappa shape index (κ3) is 3.52. The van der Waals surface area contributed by atoms with Crippen molar-refractivity contribution in [3.63, 3.8) is 0 Å². The normalized spacial score (nSPS) is 10.0. The van der Waals surface area contributed by atoms with Crippen molar-refractivity contribution in [2.75, 3.05) is 14.1 Å². The summed E-state index contributed by atoms with van der Waals surface area (Å²) in [5.41, 5.74) is 2.10. The van der Waals surface area contributed by atoms with E-state index in [1.807, 2.05) is 61.5 Å². The lowest BCUT2D eigenvalue weighted by Gasteiger charge is -2.16. The molecule has 84 valence electrons. The molecule has 1 aromatic rings. The molecule has 0 aliphatic heterocycles. The Morgan fingerprint density at radius 2 is 1.65 bits per heavy atom. The van der Waals surface area contributed by atoms with Gasteiger partial charge in [0.25, 0.3) is 0 Å². The summed E-state index contributed by atoms with van der Waals surface area (Å²) in [4.78, 5) is 1.94. The molecule has 3 heteroatoms. The van der Waals surface area contributed by atoms with E-state index in [0.717, 1.165) is 11.3 Å². The van der Waals surface area contributed by atoms with Gasteiger partial charge < -0.3 is 4.90 Å². The molecule has 1 aromatic carbocycles. The van der Waals surface area contributed by atoms with E-state index in [9.17, 15) is 0 Å². The Hall–Kier alpha value is -2.52. The molecule has 0 aliphatic rings. The van der Waals surface area contributed by atoms with E-state index in [-0.39, 0.29) is 5.57 Å². The smallest absolute Gasteiger partial charge is 0.129 e. The first kappa shape index (κ1) is 12.5. The molecule has 0 amide bonds.